The first-order chi connectivity index (χ1) is 7.19. The predicted molar refractivity (Wildman–Crippen MR) is 55.2 cm³/mol. The number of hydrogen-bond acceptors (Lipinski definition) is 5. The molecular weight excluding hydrogens is 194 g/mol. The van der Waals surface area contributed by atoms with Gasteiger partial charge in [-0.3, -0.25) is 4.68 Å². The second-order valence-corrected chi connectivity index (χ2v) is 3.06. The van der Waals surface area contributed by atoms with E-state index in [1.54, 1.807) is 16.9 Å². The van der Waals surface area contributed by atoms with E-state index in [2.05, 4.69) is 15.1 Å². The number of nitrogen functional groups attached to an aromatic ring is 1. The third kappa shape index (κ3) is 1.88. The van der Waals surface area contributed by atoms with Gasteiger partial charge in [0.1, 0.15) is 0 Å². The van der Waals surface area contributed by atoms with E-state index in [1.807, 2.05) is 13.2 Å². The Hall–Kier alpha value is -2.11. The van der Waals surface area contributed by atoms with Crippen LogP contribution in [0.2, 0.25) is 0 Å². The molecule has 2 N–H and O–H groups in total. The first kappa shape index (κ1) is 9.45. The van der Waals surface area contributed by atoms with Crippen LogP contribution in [0.4, 0.5) is 5.95 Å². The second-order valence-electron chi connectivity index (χ2n) is 3.06. The topological polar surface area (TPSA) is 78.8 Å². The van der Waals surface area contributed by atoms with Gasteiger partial charge in [-0.2, -0.15) is 10.1 Å². The highest BCUT2D eigenvalue weighted by Gasteiger charge is 2.06. The highest BCUT2D eigenvalue weighted by molar-refractivity contribution is 5.59. The number of aryl methyl sites for hydroxylation is 1. The van der Waals surface area contributed by atoms with Crippen molar-refractivity contribution in [1.82, 2.24) is 19.7 Å². The molecule has 15 heavy (non-hydrogen) atoms. The van der Waals surface area contributed by atoms with E-state index in [0.29, 0.717) is 11.6 Å². The molecule has 0 aromatic carbocycles. The van der Waals surface area contributed by atoms with Crippen molar-refractivity contribution in [3.05, 3.63) is 18.5 Å². The summed E-state index contributed by atoms with van der Waals surface area (Å²) in [6, 6.07) is 1.72. The number of nitrogens with zero attached hydrogens (tertiary/aromatic N) is 4. The number of ether oxygens (including phenoxy) is 1. The molecule has 0 atom stereocenters. The Morgan fingerprint density at radius 2 is 2.20 bits per heavy atom. The summed E-state index contributed by atoms with van der Waals surface area (Å²) in [5, 5.41) is 4.05. The van der Waals surface area contributed by atoms with Crippen LogP contribution in [-0.4, -0.2) is 26.9 Å². The third-order valence-corrected chi connectivity index (χ3v) is 1.93. The fourth-order valence-corrected chi connectivity index (χ4v) is 1.25. The fourth-order valence-electron chi connectivity index (χ4n) is 1.25. The molecule has 0 fully saturated rings. The zero-order valence-corrected chi connectivity index (χ0v) is 8.51. The molecule has 6 heteroatoms. The van der Waals surface area contributed by atoms with Gasteiger partial charge in [0.05, 0.1) is 19.0 Å². The van der Waals surface area contributed by atoms with Gasteiger partial charge in [-0.1, -0.05) is 0 Å². The summed E-state index contributed by atoms with van der Waals surface area (Å²) in [5.74, 6) is 0.634. The van der Waals surface area contributed by atoms with Crippen LogP contribution >= 0.6 is 0 Å². The summed E-state index contributed by atoms with van der Waals surface area (Å²) in [6.07, 6.45) is 3.56. The van der Waals surface area contributed by atoms with Crippen molar-refractivity contribution in [2.75, 3.05) is 12.8 Å². The van der Waals surface area contributed by atoms with Gasteiger partial charge in [-0.25, -0.2) is 4.98 Å². The van der Waals surface area contributed by atoms with Crippen molar-refractivity contribution in [2.24, 2.45) is 7.05 Å². The molecule has 0 amide bonds. The van der Waals surface area contributed by atoms with Gasteiger partial charge in [-0.15, -0.1) is 0 Å². The zero-order chi connectivity index (χ0) is 10.8. The molecule has 0 unspecified atom stereocenters. The number of aromatic nitrogens is 4. The van der Waals surface area contributed by atoms with E-state index in [-0.39, 0.29) is 5.95 Å². The first-order valence-electron chi connectivity index (χ1n) is 4.36. The van der Waals surface area contributed by atoms with E-state index >= 15 is 0 Å². The van der Waals surface area contributed by atoms with Crippen LogP contribution in [0, 0.1) is 0 Å². The Labute approximate surface area is 86.7 Å². The molecule has 0 radical (unpaired) electrons. The molecule has 0 saturated heterocycles. The average molecular weight is 205 g/mol. The normalized spacial score (nSPS) is 10.3. The zero-order valence-electron chi connectivity index (χ0n) is 8.51. The van der Waals surface area contributed by atoms with Gasteiger partial charge in [0.25, 0.3) is 0 Å². The summed E-state index contributed by atoms with van der Waals surface area (Å²) in [7, 11) is 3.38. The Morgan fingerprint density at radius 3 is 2.80 bits per heavy atom. The molecule has 0 aliphatic heterocycles. The van der Waals surface area contributed by atoms with Crippen LogP contribution in [0.25, 0.3) is 11.3 Å². The lowest BCUT2D eigenvalue weighted by Gasteiger charge is -2.02. The van der Waals surface area contributed by atoms with Crippen LogP contribution < -0.4 is 10.5 Å². The number of rotatable bonds is 2. The minimum atomic E-state index is 0.188. The maximum atomic E-state index is 5.55. The summed E-state index contributed by atoms with van der Waals surface area (Å²) in [5.41, 5.74) is 7.13. The van der Waals surface area contributed by atoms with Gasteiger partial charge < -0.3 is 10.5 Å². The van der Waals surface area contributed by atoms with Crippen molar-refractivity contribution in [1.29, 1.82) is 0 Å². The summed E-state index contributed by atoms with van der Waals surface area (Å²) in [6.45, 7) is 0. The summed E-state index contributed by atoms with van der Waals surface area (Å²) < 4.78 is 6.70. The average Bonchev–Trinajstić information content (AvgIpc) is 2.64. The van der Waals surface area contributed by atoms with Crippen LogP contribution in [-0.2, 0) is 7.05 Å². The molecule has 0 spiro atoms. The van der Waals surface area contributed by atoms with Crippen LogP contribution in [0.1, 0.15) is 0 Å². The van der Waals surface area contributed by atoms with Gasteiger partial charge in [0, 0.05) is 24.9 Å². The van der Waals surface area contributed by atoms with Gasteiger partial charge in [-0.05, 0) is 0 Å². The molecule has 0 saturated carbocycles. The van der Waals surface area contributed by atoms with Gasteiger partial charge >= 0.3 is 0 Å². The summed E-state index contributed by atoms with van der Waals surface area (Å²) >= 11 is 0. The standard InChI is InChI=1S/C9H11N5O/c1-14-5-6(4-11-14)7-3-8(15-2)13-9(10)12-7/h3-5H,1-2H3,(H2,10,12,13). The van der Waals surface area contributed by atoms with Gasteiger partial charge in [0.2, 0.25) is 11.8 Å². The Balaban J connectivity index is 2.48. The van der Waals surface area contributed by atoms with Gasteiger partial charge in [0.15, 0.2) is 0 Å². The number of nitrogens with two attached hydrogens (primary N) is 1. The van der Waals surface area contributed by atoms with Crippen molar-refractivity contribution in [3.63, 3.8) is 0 Å². The lowest BCUT2D eigenvalue weighted by Crippen LogP contribution is -1.98. The van der Waals surface area contributed by atoms with Crippen LogP contribution in [0.5, 0.6) is 5.88 Å². The van der Waals surface area contributed by atoms with Crippen molar-refractivity contribution in [2.45, 2.75) is 0 Å². The monoisotopic (exact) mass is 205 g/mol. The van der Waals surface area contributed by atoms with E-state index in [9.17, 15) is 0 Å². The van der Waals surface area contributed by atoms with Crippen molar-refractivity contribution in [3.8, 4) is 17.1 Å². The SMILES string of the molecule is COc1cc(-c2cnn(C)c2)nc(N)n1. The van der Waals surface area contributed by atoms with Crippen molar-refractivity contribution >= 4 is 5.95 Å². The summed E-state index contributed by atoms with van der Waals surface area (Å²) in [4.78, 5) is 8.00. The minimum absolute atomic E-state index is 0.188. The van der Waals surface area contributed by atoms with E-state index in [0.717, 1.165) is 5.56 Å². The molecular formula is C9H11N5O. The molecule has 2 rings (SSSR count). The van der Waals surface area contributed by atoms with E-state index < -0.39 is 0 Å². The molecule has 2 heterocycles. The number of anilines is 1. The Kier molecular flexibility index (Phi) is 2.24. The largest absolute Gasteiger partial charge is 0.481 e. The number of hydrogen-bond donors (Lipinski definition) is 1. The molecule has 2 aromatic rings. The maximum Gasteiger partial charge on any atom is 0.223 e. The predicted octanol–water partition coefficient (Wildman–Crippen LogP) is 0.468. The maximum absolute atomic E-state index is 5.55. The molecule has 0 aliphatic carbocycles. The van der Waals surface area contributed by atoms with Crippen molar-refractivity contribution < 1.29 is 4.74 Å². The van der Waals surface area contributed by atoms with E-state index in [4.69, 9.17) is 10.5 Å². The molecule has 6 nitrogen and oxygen atoms in total. The number of methoxy groups -OCH3 is 1. The smallest absolute Gasteiger partial charge is 0.223 e. The quantitative estimate of drug-likeness (QED) is 0.770. The molecule has 78 valence electrons. The Bertz CT molecular complexity index is 479. The van der Waals surface area contributed by atoms with Crippen LogP contribution in [0.3, 0.4) is 0 Å². The van der Waals surface area contributed by atoms with Crippen LogP contribution in [0.15, 0.2) is 18.5 Å². The second kappa shape index (κ2) is 3.56. The third-order valence-electron chi connectivity index (χ3n) is 1.93. The highest BCUT2D eigenvalue weighted by Crippen LogP contribution is 2.20. The minimum Gasteiger partial charge on any atom is -0.481 e. The molecule has 2 aromatic heterocycles. The first-order valence-corrected chi connectivity index (χ1v) is 4.36. The Morgan fingerprint density at radius 1 is 1.40 bits per heavy atom. The molecule has 0 aliphatic rings. The lowest BCUT2D eigenvalue weighted by molar-refractivity contribution is 0.398. The van der Waals surface area contributed by atoms with E-state index in [1.165, 1.54) is 7.11 Å². The molecule has 0 bridgehead atoms. The fraction of sp³-hybridized carbons (Fsp3) is 0.222. The highest BCUT2D eigenvalue weighted by atomic mass is 16.5. The lowest BCUT2D eigenvalue weighted by atomic mass is 10.2.